The van der Waals surface area contributed by atoms with Gasteiger partial charge >= 0.3 is 0 Å². The van der Waals surface area contributed by atoms with Crippen LogP contribution in [0.1, 0.15) is 27.9 Å². The highest BCUT2D eigenvalue weighted by molar-refractivity contribution is 7.99. The predicted octanol–water partition coefficient (Wildman–Crippen LogP) is 4.61. The molecule has 2 aliphatic heterocycles. The molecule has 0 saturated carbocycles. The number of hydrogen-bond acceptors (Lipinski definition) is 5. The fraction of sp³-hybridized carbons (Fsp3) is 0.409. The van der Waals surface area contributed by atoms with Gasteiger partial charge in [0.05, 0.1) is 18.2 Å². The summed E-state index contributed by atoms with van der Waals surface area (Å²) in [4.78, 5) is 15.4. The molecule has 1 N–H and O–H groups in total. The van der Waals surface area contributed by atoms with Crippen LogP contribution in [0.4, 0.5) is 5.69 Å². The number of nitrogens with zero attached hydrogens (tertiary/aromatic N) is 1. The lowest BCUT2D eigenvalue weighted by atomic mass is 10.1. The molecule has 0 bridgehead atoms. The summed E-state index contributed by atoms with van der Waals surface area (Å²) >= 11 is 8.34. The van der Waals surface area contributed by atoms with Crippen molar-refractivity contribution in [1.29, 1.82) is 0 Å². The predicted molar refractivity (Wildman–Crippen MR) is 119 cm³/mol. The standard InChI is InChI=1S/C22H25ClN2O3S/c1-15-3-4-16(14-25-5-9-29-10-6-25)11-19(15)24-22(26)17-12-18(23)21-20(13-17)27-7-2-8-28-21/h3-4,11-13H,2,5-10,14H2,1H3,(H,24,26). The van der Waals surface area contributed by atoms with Crippen molar-refractivity contribution in [3.05, 3.63) is 52.0 Å². The van der Waals surface area contributed by atoms with Gasteiger partial charge in [-0.1, -0.05) is 23.7 Å². The Morgan fingerprint density at radius 2 is 1.97 bits per heavy atom. The molecule has 2 heterocycles. The van der Waals surface area contributed by atoms with Crippen molar-refractivity contribution in [2.45, 2.75) is 19.9 Å². The molecule has 5 nitrogen and oxygen atoms in total. The molecule has 29 heavy (non-hydrogen) atoms. The monoisotopic (exact) mass is 432 g/mol. The zero-order chi connectivity index (χ0) is 20.2. The molecule has 2 aromatic carbocycles. The van der Waals surface area contributed by atoms with Crippen LogP contribution in [0.25, 0.3) is 0 Å². The van der Waals surface area contributed by atoms with E-state index in [4.69, 9.17) is 21.1 Å². The zero-order valence-electron chi connectivity index (χ0n) is 16.5. The van der Waals surface area contributed by atoms with E-state index in [1.54, 1.807) is 12.1 Å². The quantitative estimate of drug-likeness (QED) is 0.764. The number of thioether (sulfide) groups is 1. The van der Waals surface area contributed by atoms with Crippen LogP contribution in [-0.4, -0.2) is 48.6 Å². The molecule has 0 radical (unpaired) electrons. The summed E-state index contributed by atoms with van der Waals surface area (Å²) in [6.07, 6.45) is 0.786. The number of aryl methyl sites for hydroxylation is 1. The number of carbonyl (C=O) groups is 1. The Balaban J connectivity index is 1.51. The summed E-state index contributed by atoms with van der Waals surface area (Å²) < 4.78 is 11.3. The van der Waals surface area contributed by atoms with Gasteiger partial charge < -0.3 is 14.8 Å². The van der Waals surface area contributed by atoms with Crippen LogP contribution in [0, 0.1) is 6.92 Å². The third-order valence-corrected chi connectivity index (χ3v) is 6.35. The van der Waals surface area contributed by atoms with Crippen LogP contribution < -0.4 is 14.8 Å². The Labute approximate surface area is 180 Å². The highest BCUT2D eigenvalue weighted by atomic mass is 35.5. The third-order valence-electron chi connectivity index (χ3n) is 5.12. The Hall–Kier alpha value is -1.89. The molecule has 0 aliphatic carbocycles. The number of hydrogen-bond donors (Lipinski definition) is 1. The minimum Gasteiger partial charge on any atom is -0.489 e. The number of rotatable bonds is 4. The Morgan fingerprint density at radius 1 is 1.17 bits per heavy atom. The van der Waals surface area contributed by atoms with Crippen molar-refractivity contribution >= 4 is 35.0 Å². The summed E-state index contributed by atoms with van der Waals surface area (Å²) in [5.41, 5.74) is 3.51. The highest BCUT2D eigenvalue weighted by Crippen LogP contribution is 2.38. The number of benzene rings is 2. The first-order valence-corrected chi connectivity index (χ1v) is 11.4. The maximum Gasteiger partial charge on any atom is 0.255 e. The molecule has 1 amide bonds. The van der Waals surface area contributed by atoms with E-state index in [1.807, 2.05) is 18.7 Å². The number of ether oxygens (including phenoxy) is 2. The maximum atomic E-state index is 12.9. The summed E-state index contributed by atoms with van der Waals surface area (Å²) in [5, 5.41) is 3.43. The number of halogens is 1. The lowest BCUT2D eigenvalue weighted by Crippen LogP contribution is -2.32. The average molecular weight is 433 g/mol. The first-order chi connectivity index (χ1) is 14.1. The van der Waals surface area contributed by atoms with Crippen LogP contribution in [0.3, 0.4) is 0 Å². The Morgan fingerprint density at radius 3 is 2.79 bits per heavy atom. The first-order valence-electron chi connectivity index (χ1n) is 9.90. The Kier molecular flexibility index (Phi) is 6.53. The van der Waals surface area contributed by atoms with Crippen molar-refractivity contribution < 1.29 is 14.3 Å². The van der Waals surface area contributed by atoms with E-state index in [2.05, 4.69) is 28.4 Å². The van der Waals surface area contributed by atoms with Crippen LogP contribution in [-0.2, 0) is 6.54 Å². The summed E-state index contributed by atoms with van der Waals surface area (Å²) in [6, 6.07) is 9.60. The van der Waals surface area contributed by atoms with Gasteiger partial charge in [-0.15, -0.1) is 0 Å². The van der Waals surface area contributed by atoms with Crippen molar-refractivity contribution in [1.82, 2.24) is 4.90 Å². The van der Waals surface area contributed by atoms with Gasteiger partial charge in [-0.05, 0) is 36.2 Å². The number of anilines is 1. The summed E-state index contributed by atoms with van der Waals surface area (Å²) in [5.74, 6) is 3.19. The SMILES string of the molecule is Cc1ccc(CN2CCSCC2)cc1NC(=O)c1cc(Cl)c2c(c1)OCCCO2. The largest absolute Gasteiger partial charge is 0.489 e. The van der Waals surface area contributed by atoms with E-state index in [0.717, 1.165) is 37.3 Å². The lowest BCUT2D eigenvalue weighted by Gasteiger charge is -2.26. The number of carbonyl (C=O) groups excluding carboxylic acids is 1. The second-order valence-electron chi connectivity index (χ2n) is 7.33. The van der Waals surface area contributed by atoms with E-state index in [9.17, 15) is 4.79 Å². The maximum absolute atomic E-state index is 12.9. The van der Waals surface area contributed by atoms with Gasteiger partial charge in [-0.3, -0.25) is 9.69 Å². The second-order valence-corrected chi connectivity index (χ2v) is 8.96. The van der Waals surface area contributed by atoms with Crippen LogP contribution >= 0.6 is 23.4 Å². The second kappa shape index (κ2) is 9.28. The van der Waals surface area contributed by atoms with Crippen molar-refractivity contribution in [3.63, 3.8) is 0 Å². The molecule has 0 spiro atoms. The van der Waals surface area contributed by atoms with Crippen LogP contribution in [0.15, 0.2) is 30.3 Å². The molecule has 4 rings (SSSR count). The number of amides is 1. The van der Waals surface area contributed by atoms with E-state index < -0.39 is 0 Å². The minimum atomic E-state index is -0.211. The highest BCUT2D eigenvalue weighted by Gasteiger charge is 2.19. The van der Waals surface area contributed by atoms with Crippen molar-refractivity contribution in [2.24, 2.45) is 0 Å². The molecule has 0 atom stereocenters. The molecule has 154 valence electrons. The first kappa shape index (κ1) is 20.4. The van der Waals surface area contributed by atoms with Gasteiger partial charge in [0.25, 0.3) is 5.91 Å². The molecule has 0 unspecified atom stereocenters. The molecule has 2 aliphatic rings. The number of fused-ring (bicyclic) bond motifs is 1. The minimum absolute atomic E-state index is 0.211. The smallest absolute Gasteiger partial charge is 0.255 e. The molecular weight excluding hydrogens is 408 g/mol. The van der Waals surface area contributed by atoms with Gasteiger partial charge in [-0.2, -0.15) is 11.8 Å². The van der Waals surface area contributed by atoms with Crippen LogP contribution in [0.5, 0.6) is 11.5 Å². The summed E-state index contributed by atoms with van der Waals surface area (Å²) in [7, 11) is 0. The molecule has 1 fully saturated rings. The van der Waals surface area contributed by atoms with Gasteiger partial charge in [0, 0.05) is 48.8 Å². The van der Waals surface area contributed by atoms with Gasteiger partial charge in [0.15, 0.2) is 11.5 Å². The van der Waals surface area contributed by atoms with Crippen molar-refractivity contribution in [2.75, 3.05) is 43.1 Å². The van der Waals surface area contributed by atoms with E-state index >= 15 is 0 Å². The third kappa shape index (κ3) is 5.00. The van der Waals surface area contributed by atoms with Crippen LogP contribution in [0.2, 0.25) is 5.02 Å². The molecular formula is C22H25ClN2O3S. The van der Waals surface area contributed by atoms with Gasteiger partial charge in [-0.25, -0.2) is 0 Å². The van der Waals surface area contributed by atoms with Gasteiger partial charge in [0.1, 0.15) is 0 Å². The summed E-state index contributed by atoms with van der Waals surface area (Å²) in [6.45, 7) is 6.22. The Bertz CT molecular complexity index is 900. The average Bonchev–Trinajstić information content (AvgIpc) is 2.97. The molecule has 1 saturated heterocycles. The fourth-order valence-corrected chi connectivity index (χ4v) is 4.72. The van der Waals surface area contributed by atoms with Gasteiger partial charge in [0.2, 0.25) is 0 Å². The lowest BCUT2D eigenvalue weighted by molar-refractivity contribution is 0.102. The zero-order valence-corrected chi connectivity index (χ0v) is 18.1. The fourth-order valence-electron chi connectivity index (χ4n) is 3.48. The molecule has 7 heteroatoms. The van der Waals surface area contributed by atoms with E-state index in [-0.39, 0.29) is 5.91 Å². The van der Waals surface area contributed by atoms with E-state index in [1.165, 1.54) is 17.1 Å². The normalized spacial score (nSPS) is 16.9. The molecule has 0 aromatic heterocycles. The van der Waals surface area contributed by atoms with E-state index in [0.29, 0.717) is 35.3 Å². The molecule has 2 aromatic rings. The topological polar surface area (TPSA) is 50.8 Å². The number of nitrogens with one attached hydrogen (secondary N) is 1. The van der Waals surface area contributed by atoms with Crippen molar-refractivity contribution in [3.8, 4) is 11.5 Å².